The van der Waals surface area contributed by atoms with Crippen LogP contribution in [0, 0.1) is 0 Å². The van der Waals surface area contributed by atoms with E-state index in [4.69, 9.17) is 18.6 Å². The first-order chi connectivity index (χ1) is 17.8. The molecule has 4 rings (SSSR count). The number of thiazole rings is 1. The minimum Gasteiger partial charge on any atom is -0.497 e. The fourth-order valence-corrected chi connectivity index (χ4v) is 5.65. The number of amides is 1. The summed E-state index contributed by atoms with van der Waals surface area (Å²) in [6, 6.07) is 13.2. The number of rotatable bonds is 12. The maximum atomic E-state index is 13.0. The van der Waals surface area contributed by atoms with Crippen molar-refractivity contribution in [3.8, 4) is 17.2 Å². The molecule has 0 atom stereocenters. The Morgan fingerprint density at radius 1 is 1.03 bits per heavy atom. The van der Waals surface area contributed by atoms with Gasteiger partial charge in [0.05, 0.1) is 25.2 Å². The number of carbonyl (C=O) groups is 1. The smallest absolute Gasteiger partial charge is 0.257 e. The molecule has 1 amide bonds. The highest BCUT2D eigenvalue weighted by Gasteiger charge is 2.24. The molecule has 2 aromatic heterocycles. The van der Waals surface area contributed by atoms with Crippen molar-refractivity contribution >= 4 is 43.4 Å². The van der Waals surface area contributed by atoms with Crippen LogP contribution in [0.15, 0.2) is 63.2 Å². The van der Waals surface area contributed by atoms with Crippen molar-refractivity contribution in [1.29, 1.82) is 0 Å². The number of sulfonamides is 1. The molecule has 1 N–H and O–H groups in total. The molecule has 2 aromatic carbocycles. The summed E-state index contributed by atoms with van der Waals surface area (Å²) < 4.78 is 48.6. The molecule has 0 unspecified atom stereocenters. The van der Waals surface area contributed by atoms with Gasteiger partial charge >= 0.3 is 0 Å². The van der Waals surface area contributed by atoms with Crippen LogP contribution in [-0.2, 0) is 19.5 Å². The van der Waals surface area contributed by atoms with Crippen LogP contribution in [0.5, 0.6) is 5.75 Å². The van der Waals surface area contributed by atoms with Gasteiger partial charge in [0.1, 0.15) is 17.0 Å². The second-order valence-corrected chi connectivity index (χ2v) is 10.7. The van der Waals surface area contributed by atoms with Crippen LogP contribution in [0.1, 0.15) is 10.4 Å². The Hall–Kier alpha value is -3.29. The lowest BCUT2D eigenvalue weighted by Gasteiger charge is -2.21. The highest BCUT2D eigenvalue weighted by Crippen LogP contribution is 2.32. The third-order valence-corrected chi connectivity index (χ3v) is 8.22. The van der Waals surface area contributed by atoms with Crippen LogP contribution in [0.25, 0.3) is 22.4 Å². The average Bonchev–Trinajstić information content (AvgIpc) is 3.55. The number of furan rings is 1. The van der Waals surface area contributed by atoms with Gasteiger partial charge in [-0.15, -0.1) is 11.3 Å². The Balaban J connectivity index is 1.45. The van der Waals surface area contributed by atoms with Crippen LogP contribution < -0.4 is 10.1 Å². The Bertz CT molecular complexity index is 1460. The summed E-state index contributed by atoms with van der Waals surface area (Å²) in [6.45, 7) is 0.883. The summed E-state index contributed by atoms with van der Waals surface area (Å²) in [6.07, 6.45) is 0. The van der Waals surface area contributed by atoms with Crippen molar-refractivity contribution in [1.82, 2.24) is 9.29 Å². The lowest BCUT2D eigenvalue weighted by molar-refractivity contribution is 0.102. The zero-order chi connectivity index (χ0) is 26.4. The summed E-state index contributed by atoms with van der Waals surface area (Å²) in [4.78, 5) is 17.3. The molecule has 0 radical (unpaired) electrons. The van der Waals surface area contributed by atoms with E-state index in [1.54, 1.807) is 18.6 Å². The summed E-state index contributed by atoms with van der Waals surface area (Å²) in [5, 5.41) is 5.84. The van der Waals surface area contributed by atoms with Gasteiger partial charge in [-0.25, -0.2) is 13.4 Å². The summed E-state index contributed by atoms with van der Waals surface area (Å²) >= 11 is 1.26. The Morgan fingerprint density at radius 2 is 1.73 bits per heavy atom. The zero-order valence-corrected chi connectivity index (χ0v) is 22.2. The molecular weight excluding hydrogens is 518 g/mol. The molecule has 0 aliphatic carbocycles. The van der Waals surface area contributed by atoms with Crippen molar-refractivity contribution in [2.45, 2.75) is 4.90 Å². The van der Waals surface area contributed by atoms with Crippen LogP contribution in [-0.4, -0.2) is 71.2 Å². The van der Waals surface area contributed by atoms with Gasteiger partial charge in [-0.05, 0) is 42.5 Å². The van der Waals surface area contributed by atoms with E-state index in [1.807, 2.05) is 18.2 Å². The molecule has 37 heavy (non-hydrogen) atoms. The maximum absolute atomic E-state index is 13.0. The van der Waals surface area contributed by atoms with Crippen LogP contribution in [0.4, 0.5) is 5.13 Å². The fraction of sp³-hybridized carbons (Fsp3) is 0.280. The van der Waals surface area contributed by atoms with Gasteiger partial charge in [-0.1, -0.05) is 0 Å². The van der Waals surface area contributed by atoms with E-state index in [0.717, 1.165) is 5.39 Å². The first-order valence-corrected chi connectivity index (χ1v) is 13.6. The molecule has 0 bridgehead atoms. The lowest BCUT2D eigenvalue weighted by Crippen LogP contribution is -2.36. The molecule has 4 aromatic rings. The Kier molecular flexibility index (Phi) is 8.56. The molecule has 0 saturated heterocycles. The highest BCUT2D eigenvalue weighted by atomic mass is 32.2. The minimum absolute atomic E-state index is 0.0781. The van der Waals surface area contributed by atoms with Gasteiger partial charge in [0.25, 0.3) is 5.91 Å². The number of aromatic nitrogens is 1. The maximum Gasteiger partial charge on any atom is 0.257 e. The number of carbonyl (C=O) groups excluding carboxylic acids is 1. The number of ether oxygens (including phenoxy) is 3. The quantitative estimate of drug-likeness (QED) is 0.283. The molecule has 0 aliphatic heterocycles. The van der Waals surface area contributed by atoms with Crippen molar-refractivity contribution < 1.29 is 31.8 Å². The second kappa shape index (κ2) is 11.8. The van der Waals surface area contributed by atoms with Crippen LogP contribution in [0.2, 0.25) is 0 Å². The molecule has 0 fully saturated rings. The Labute approximate surface area is 218 Å². The summed E-state index contributed by atoms with van der Waals surface area (Å²) in [5.41, 5.74) is 1.56. The predicted octanol–water partition coefficient (Wildman–Crippen LogP) is 4.10. The van der Waals surface area contributed by atoms with Gasteiger partial charge in [-0.3, -0.25) is 10.1 Å². The van der Waals surface area contributed by atoms with Crippen molar-refractivity contribution in [2.24, 2.45) is 0 Å². The summed E-state index contributed by atoms with van der Waals surface area (Å²) in [7, 11) is 0.830. The number of fused-ring (bicyclic) bond motifs is 1. The van der Waals surface area contributed by atoms with E-state index in [2.05, 4.69) is 10.3 Å². The number of hydrogen-bond donors (Lipinski definition) is 1. The molecule has 12 heteroatoms. The van der Waals surface area contributed by atoms with Gasteiger partial charge in [0.2, 0.25) is 10.0 Å². The van der Waals surface area contributed by atoms with Gasteiger partial charge in [-0.2, -0.15) is 4.31 Å². The monoisotopic (exact) mass is 545 g/mol. The third kappa shape index (κ3) is 6.17. The average molecular weight is 546 g/mol. The molecule has 2 heterocycles. The largest absolute Gasteiger partial charge is 0.497 e. The number of nitrogens with one attached hydrogen (secondary N) is 1. The minimum atomic E-state index is -3.78. The highest BCUT2D eigenvalue weighted by molar-refractivity contribution is 7.89. The summed E-state index contributed by atoms with van der Waals surface area (Å²) in [5.74, 6) is 0.854. The second-order valence-electron chi connectivity index (χ2n) is 7.92. The van der Waals surface area contributed by atoms with Crippen LogP contribution in [0.3, 0.4) is 0 Å². The fourth-order valence-electron chi connectivity index (χ4n) is 3.54. The van der Waals surface area contributed by atoms with E-state index in [9.17, 15) is 13.2 Å². The number of methoxy groups -OCH3 is 3. The van der Waals surface area contributed by atoms with Crippen molar-refractivity contribution in [3.63, 3.8) is 0 Å². The van der Waals surface area contributed by atoms with E-state index in [0.29, 0.717) is 33.5 Å². The first-order valence-electron chi connectivity index (χ1n) is 11.3. The number of benzene rings is 2. The molecular formula is C25H27N3O7S2. The van der Waals surface area contributed by atoms with Gasteiger partial charge in [0, 0.05) is 49.7 Å². The van der Waals surface area contributed by atoms with Crippen molar-refractivity contribution in [3.05, 3.63) is 59.5 Å². The number of anilines is 1. The van der Waals surface area contributed by atoms with E-state index in [1.165, 1.54) is 54.1 Å². The number of hydrogen-bond acceptors (Lipinski definition) is 9. The van der Waals surface area contributed by atoms with E-state index >= 15 is 0 Å². The predicted molar refractivity (Wildman–Crippen MR) is 141 cm³/mol. The van der Waals surface area contributed by atoms with E-state index in [-0.39, 0.29) is 31.2 Å². The molecule has 10 nitrogen and oxygen atoms in total. The lowest BCUT2D eigenvalue weighted by atomic mass is 10.2. The molecule has 0 saturated carbocycles. The Morgan fingerprint density at radius 3 is 2.38 bits per heavy atom. The third-order valence-electron chi connectivity index (χ3n) is 5.55. The van der Waals surface area contributed by atoms with Crippen molar-refractivity contribution in [2.75, 3.05) is 52.9 Å². The molecule has 0 aliphatic rings. The zero-order valence-electron chi connectivity index (χ0n) is 20.6. The topological polar surface area (TPSA) is 120 Å². The number of nitrogens with zero attached hydrogens (tertiary/aromatic N) is 2. The first kappa shape index (κ1) is 26.8. The van der Waals surface area contributed by atoms with E-state index < -0.39 is 15.9 Å². The van der Waals surface area contributed by atoms with Gasteiger partial charge < -0.3 is 18.6 Å². The SMILES string of the molecule is COCCN(CCOC)S(=O)(=O)c1ccc(C(=O)Nc2nc(-c3cc4ccc(OC)cc4o3)cs2)cc1. The van der Waals surface area contributed by atoms with Crippen LogP contribution >= 0.6 is 11.3 Å². The van der Waals surface area contributed by atoms with Gasteiger partial charge in [0.15, 0.2) is 10.9 Å². The molecule has 0 spiro atoms. The standard InChI is InChI=1S/C25H27N3O7S2/c1-32-12-10-28(11-13-33-2)37(30,31)20-8-5-17(6-9-20)24(29)27-25-26-21(16-36-25)23-14-18-4-7-19(34-3)15-22(18)35-23/h4-9,14-16H,10-13H2,1-3H3,(H,26,27,29). The normalized spacial score (nSPS) is 11.8. The molecule has 196 valence electrons.